The lowest BCUT2D eigenvalue weighted by atomic mass is 10.1. The van der Waals surface area contributed by atoms with E-state index in [4.69, 9.17) is 0 Å². The lowest BCUT2D eigenvalue weighted by Gasteiger charge is -2.02. The molecule has 0 aliphatic heterocycles. The molecule has 86 valence electrons. The molecule has 2 aromatic heterocycles. The second kappa shape index (κ2) is 4.17. The van der Waals surface area contributed by atoms with Crippen LogP contribution in [0.3, 0.4) is 0 Å². The Hall–Kier alpha value is -1.50. The molecule has 0 aliphatic carbocycles. The zero-order chi connectivity index (χ0) is 11.7. The van der Waals surface area contributed by atoms with Gasteiger partial charge in [-0.25, -0.2) is 0 Å². The molecule has 0 saturated heterocycles. The van der Waals surface area contributed by atoms with Crippen LogP contribution in [0.15, 0.2) is 0 Å². The minimum absolute atomic E-state index is 0.0161. The van der Waals surface area contributed by atoms with E-state index >= 15 is 0 Å². The van der Waals surface area contributed by atoms with Crippen molar-refractivity contribution in [1.29, 1.82) is 0 Å². The molecule has 0 saturated carbocycles. The first-order valence-corrected chi connectivity index (χ1v) is 5.86. The Morgan fingerprint density at radius 3 is 2.88 bits per heavy atom. The molecule has 0 bridgehead atoms. The number of nitrogens with zero attached hydrogens (tertiary/aromatic N) is 4. The van der Waals surface area contributed by atoms with Gasteiger partial charge in [-0.05, 0) is 12.8 Å². The number of hydrogen-bond donors (Lipinski definition) is 1. The van der Waals surface area contributed by atoms with E-state index in [9.17, 15) is 4.79 Å². The molecule has 1 N–H and O–H groups in total. The first-order chi connectivity index (χ1) is 7.56. The van der Waals surface area contributed by atoms with Gasteiger partial charge in [-0.15, -0.1) is 15.3 Å². The van der Waals surface area contributed by atoms with Crippen molar-refractivity contribution < 1.29 is 4.79 Å². The molecule has 0 atom stereocenters. The van der Waals surface area contributed by atoms with Crippen LogP contribution in [-0.4, -0.2) is 25.7 Å². The lowest BCUT2D eigenvalue weighted by molar-refractivity contribution is -0.116. The number of anilines is 1. The van der Waals surface area contributed by atoms with Gasteiger partial charge in [-0.1, -0.05) is 25.2 Å². The fourth-order valence-electron chi connectivity index (χ4n) is 1.31. The van der Waals surface area contributed by atoms with Crippen LogP contribution in [0, 0.1) is 12.8 Å². The number of aryl methyl sites for hydroxylation is 1. The van der Waals surface area contributed by atoms with Gasteiger partial charge < -0.3 is 5.32 Å². The second-order valence-electron chi connectivity index (χ2n) is 3.99. The maximum atomic E-state index is 11.5. The third-order valence-corrected chi connectivity index (χ3v) is 2.80. The van der Waals surface area contributed by atoms with Crippen LogP contribution in [0.2, 0.25) is 0 Å². The Morgan fingerprint density at radius 2 is 2.25 bits per heavy atom. The summed E-state index contributed by atoms with van der Waals surface area (Å²) in [5.74, 6) is 1.04. The van der Waals surface area contributed by atoms with Crippen LogP contribution >= 0.6 is 11.3 Å². The summed E-state index contributed by atoms with van der Waals surface area (Å²) in [6.45, 7) is 5.82. The molecular weight excluding hydrogens is 226 g/mol. The van der Waals surface area contributed by atoms with Gasteiger partial charge in [0, 0.05) is 6.42 Å². The molecule has 1 amide bonds. The van der Waals surface area contributed by atoms with Gasteiger partial charge in [0.15, 0.2) is 5.82 Å². The summed E-state index contributed by atoms with van der Waals surface area (Å²) in [6, 6.07) is 0. The molecule has 2 heterocycles. The largest absolute Gasteiger partial charge is 0.301 e. The van der Waals surface area contributed by atoms with Gasteiger partial charge >= 0.3 is 0 Å². The summed E-state index contributed by atoms with van der Waals surface area (Å²) in [6.07, 6.45) is 0.499. The van der Waals surface area contributed by atoms with Crippen molar-refractivity contribution in [2.24, 2.45) is 5.92 Å². The fraction of sp³-hybridized carbons (Fsp3) is 0.556. The van der Waals surface area contributed by atoms with E-state index in [0.29, 0.717) is 22.4 Å². The van der Waals surface area contributed by atoms with Crippen LogP contribution in [-0.2, 0) is 4.79 Å². The topological polar surface area (TPSA) is 72.2 Å². The van der Waals surface area contributed by atoms with Gasteiger partial charge in [0.25, 0.3) is 0 Å². The van der Waals surface area contributed by atoms with Gasteiger partial charge in [-0.3, -0.25) is 4.79 Å². The van der Waals surface area contributed by atoms with Crippen LogP contribution in [0.1, 0.15) is 26.1 Å². The van der Waals surface area contributed by atoms with Gasteiger partial charge in [-0.2, -0.15) is 4.52 Å². The van der Waals surface area contributed by atoms with E-state index in [-0.39, 0.29) is 5.91 Å². The highest BCUT2D eigenvalue weighted by atomic mass is 32.1. The lowest BCUT2D eigenvalue weighted by Crippen LogP contribution is -2.13. The van der Waals surface area contributed by atoms with Crippen molar-refractivity contribution in [2.45, 2.75) is 27.2 Å². The molecule has 2 rings (SSSR count). The van der Waals surface area contributed by atoms with Crippen molar-refractivity contribution in [3.63, 3.8) is 0 Å². The molecule has 0 unspecified atom stereocenters. The maximum Gasteiger partial charge on any atom is 0.236 e. The minimum Gasteiger partial charge on any atom is -0.301 e. The quantitative estimate of drug-likeness (QED) is 0.880. The highest BCUT2D eigenvalue weighted by molar-refractivity contribution is 7.20. The van der Waals surface area contributed by atoms with Crippen molar-refractivity contribution >= 4 is 27.3 Å². The predicted molar refractivity (Wildman–Crippen MR) is 61.5 cm³/mol. The minimum atomic E-state index is -0.0161. The fourth-order valence-corrected chi connectivity index (χ4v) is 2.11. The summed E-state index contributed by atoms with van der Waals surface area (Å²) >= 11 is 1.32. The Morgan fingerprint density at radius 1 is 1.50 bits per heavy atom. The first-order valence-electron chi connectivity index (χ1n) is 5.05. The van der Waals surface area contributed by atoms with E-state index in [1.165, 1.54) is 11.3 Å². The summed E-state index contributed by atoms with van der Waals surface area (Å²) in [4.78, 5) is 12.2. The number of carbonyl (C=O) groups excluding carboxylic acids is 1. The van der Waals surface area contributed by atoms with Gasteiger partial charge in [0.2, 0.25) is 16.0 Å². The number of rotatable bonds is 3. The summed E-state index contributed by atoms with van der Waals surface area (Å²) in [7, 11) is 0. The van der Waals surface area contributed by atoms with Crippen LogP contribution in [0.4, 0.5) is 5.13 Å². The van der Waals surface area contributed by atoms with E-state index in [0.717, 1.165) is 5.82 Å². The smallest absolute Gasteiger partial charge is 0.236 e. The van der Waals surface area contributed by atoms with Crippen molar-refractivity contribution in [2.75, 3.05) is 5.32 Å². The van der Waals surface area contributed by atoms with Crippen molar-refractivity contribution in [3.8, 4) is 0 Å². The van der Waals surface area contributed by atoms with Crippen LogP contribution in [0.5, 0.6) is 0 Å². The second-order valence-corrected chi connectivity index (χ2v) is 4.95. The SMILES string of the molecule is Cc1nnc2sc(NC(=O)CC(C)C)nn12. The predicted octanol–water partition coefficient (Wildman–Crippen LogP) is 1.48. The van der Waals surface area contributed by atoms with Gasteiger partial charge in [0.1, 0.15) is 0 Å². The number of fused-ring (bicyclic) bond motifs is 1. The zero-order valence-corrected chi connectivity index (χ0v) is 10.2. The van der Waals surface area contributed by atoms with Gasteiger partial charge in [0.05, 0.1) is 0 Å². The average Bonchev–Trinajstić information content (AvgIpc) is 2.67. The Balaban J connectivity index is 2.12. The van der Waals surface area contributed by atoms with Crippen molar-refractivity contribution in [1.82, 2.24) is 19.8 Å². The number of amides is 1. The summed E-state index contributed by atoms with van der Waals surface area (Å²) in [5, 5.41) is 15.3. The third-order valence-electron chi connectivity index (χ3n) is 1.99. The molecule has 0 aliphatic rings. The van der Waals surface area contributed by atoms with Crippen molar-refractivity contribution in [3.05, 3.63) is 5.82 Å². The molecule has 6 nitrogen and oxygen atoms in total. The molecular formula is C9H13N5OS. The maximum absolute atomic E-state index is 11.5. The average molecular weight is 239 g/mol. The molecule has 0 radical (unpaired) electrons. The molecule has 0 spiro atoms. The zero-order valence-electron chi connectivity index (χ0n) is 9.39. The number of carbonyl (C=O) groups is 1. The highest BCUT2D eigenvalue weighted by Crippen LogP contribution is 2.18. The Labute approximate surface area is 96.7 Å². The number of hydrogen-bond acceptors (Lipinski definition) is 5. The summed E-state index contributed by atoms with van der Waals surface area (Å²) < 4.78 is 1.62. The normalized spacial score (nSPS) is 11.2. The van der Waals surface area contributed by atoms with E-state index in [2.05, 4.69) is 20.6 Å². The molecule has 2 aromatic rings. The molecule has 16 heavy (non-hydrogen) atoms. The first kappa shape index (κ1) is 11.0. The standard InChI is InChI=1S/C9H13N5OS/c1-5(2)4-7(15)10-8-13-14-6(3)11-12-9(14)16-8/h5H,4H2,1-3H3,(H,10,13,15). The van der Waals surface area contributed by atoms with E-state index < -0.39 is 0 Å². The Kier molecular flexibility index (Phi) is 2.86. The number of aromatic nitrogens is 4. The third kappa shape index (κ3) is 2.19. The van der Waals surface area contributed by atoms with E-state index in [1.807, 2.05) is 20.8 Å². The monoisotopic (exact) mass is 239 g/mol. The number of nitrogens with one attached hydrogen (secondary N) is 1. The molecule has 0 aromatic carbocycles. The highest BCUT2D eigenvalue weighted by Gasteiger charge is 2.11. The van der Waals surface area contributed by atoms with Crippen LogP contribution in [0.25, 0.3) is 4.96 Å². The molecule has 0 fully saturated rings. The van der Waals surface area contributed by atoms with Crippen LogP contribution < -0.4 is 5.32 Å². The van der Waals surface area contributed by atoms with E-state index in [1.54, 1.807) is 4.52 Å². The molecule has 7 heteroatoms. The summed E-state index contributed by atoms with van der Waals surface area (Å²) in [5.41, 5.74) is 0. The Bertz CT molecular complexity index is 515.